The maximum absolute atomic E-state index is 8.89. The third-order valence-corrected chi connectivity index (χ3v) is 3.56. The lowest BCUT2D eigenvalue weighted by Crippen LogP contribution is -2.18. The van der Waals surface area contributed by atoms with Gasteiger partial charge in [0.2, 0.25) is 5.89 Å². The lowest BCUT2D eigenvalue weighted by atomic mass is 9.81. The molecular formula is C15H18N4O. The molecule has 5 heteroatoms. The largest absolute Gasteiger partial charge is 0.339 e. The molecular weight excluding hydrogens is 252 g/mol. The Morgan fingerprint density at radius 3 is 2.75 bits per heavy atom. The van der Waals surface area contributed by atoms with Crippen molar-refractivity contribution in [1.29, 1.82) is 5.26 Å². The molecule has 0 N–H and O–H groups in total. The van der Waals surface area contributed by atoms with Crippen molar-refractivity contribution < 1.29 is 4.52 Å². The van der Waals surface area contributed by atoms with Gasteiger partial charge < -0.3 is 4.52 Å². The van der Waals surface area contributed by atoms with E-state index >= 15 is 0 Å². The summed E-state index contributed by atoms with van der Waals surface area (Å²) in [6.45, 7) is 4.15. The zero-order chi connectivity index (χ0) is 14.4. The highest BCUT2D eigenvalue weighted by molar-refractivity contribution is 5.14. The molecule has 0 aliphatic rings. The molecule has 2 aromatic heterocycles. The van der Waals surface area contributed by atoms with Gasteiger partial charge in [0, 0.05) is 31.7 Å². The molecule has 2 heterocycles. The second-order valence-electron chi connectivity index (χ2n) is 5.31. The normalized spacial score (nSPS) is 13.7. The van der Waals surface area contributed by atoms with E-state index in [0.29, 0.717) is 31.0 Å². The first-order chi connectivity index (χ1) is 9.65. The summed E-state index contributed by atoms with van der Waals surface area (Å²) >= 11 is 0. The summed E-state index contributed by atoms with van der Waals surface area (Å²) in [6, 6.07) is 6.09. The van der Waals surface area contributed by atoms with E-state index in [2.05, 4.69) is 35.0 Å². The van der Waals surface area contributed by atoms with Crippen LogP contribution in [0.4, 0.5) is 0 Å². The molecule has 1 atom stereocenters. The quantitative estimate of drug-likeness (QED) is 0.806. The molecule has 0 aromatic carbocycles. The van der Waals surface area contributed by atoms with Crippen LogP contribution in [0.1, 0.15) is 44.0 Å². The maximum atomic E-state index is 8.89. The predicted molar refractivity (Wildman–Crippen MR) is 73.7 cm³/mol. The van der Waals surface area contributed by atoms with E-state index < -0.39 is 0 Å². The van der Waals surface area contributed by atoms with Gasteiger partial charge in [0.15, 0.2) is 5.82 Å². The van der Waals surface area contributed by atoms with Crippen LogP contribution in [-0.4, -0.2) is 15.1 Å². The Hall–Kier alpha value is -2.22. The van der Waals surface area contributed by atoms with E-state index in [1.807, 2.05) is 12.1 Å². The van der Waals surface area contributed by atoms with Crippen LogP contribution in [0.25, 0.3) is 0 Å². The number of hydrogen-bond donors (Lipinski definition) is 0. The smallest absolute Gasteiger partial charge is 0.227 e. The summed E-state index contributed by atoms with van der Waals surface area (Å²) in [7, 11) is 0. The predicted octanol–water partition coefficient (Wildman–Crippen LogP) is 2.93. The molecule has 0 saturated heterocycles. The number of hydrogen-bond acceptors (Lipinski definition) is 5. The van der Waals surface area contributed by atoms with E-state index in [1.54, 1.807) is 12.4 Å². The minimum absolute atomic E-state index is 0.102. The van der Waals surface area contributed by atoms with Crippen LogP contribution in [0.15, 0.2) is 29.0 Å². The number of rotatable bonds is 6. The van der Waals surface area contributed by atoms with Crippen LogP contribution >= 0.6 is 0 Å². The van der Waals surface area contributed by atoms with Crippen molar-refractivity contribution in [2.24, 2.45) is 5.41 Å². The van der Waals surface area contributed by atoms with E-state index in [4.69, 9.17) is 9.78 Å². The molecule has 104 valence electrons. The van der Waals surface area contributed by atoms with Crippen molar-refractivity contribution in [1.82, 2.24) is 15.1 Å². The summed E-state index contributed by atoms with van der Waals surface area (Å²) in [4.78, 5) is 8.39. The van der Waals surface area contributed by atoms with Crippen molar-refractivity contribution in [3.05, 3.63) is 41.8 Å². The molecule has 0 amide bonds. The SMILES string of the molecule is CCC(C)(CC#N)Cc1nc(Cc2ccncc2)no1. The standard InChI is InChI=1S/C15H18N4O/c1-3-15(2,6-7-16)11-14-18-13(19-20-14)10-12-4-8-17-9-5-12/h4-5,8-9H,3,6,10-11H2,1-2H3. The Bertz CT molecular complexity index is 587. The first-order valence-electron chi connectivity index (χ1n) is 6.72. The molecule has 2 rings (SSSR count). The number of nitriles is 1. The van der Waals surface area contributed by atoms with Crippen molar-refractivity contribution in [3.63, 3.8) is 0 Å². The third-order valence-electron chi connectivity index (χ3n) is 3.56. The van der Waals surface area contributed by atoms with Crippen molar-refractivity contribution in [3.8, 4) is 6.07 Å². The van der Waals surface area contributed by atoms with Gasteiger partial charge in [-0.05, 0) is 29.5 Å². The van der Waals surface area contributed by atoms with Gasteiger partial charge in [0.25, 0.3) is 0 Å². The third kappa shape index (κ3) is 3.64. The Kier molecular flexibility index (Phi) is 4.46. The van der Waals surface area contributed by atoms with Crippen LogP contribution < -0.4 is 0 Å². The molecule has 2 aromatic rings. The van der Waals surface area contributed by atoms with E-state index in [1.165, 1.54) is 0 Å². The zero-order valence-electron chi connectivity index (χ0n) is 11.8. The van der Waals surface area contributed by atoms with E-state index in [-0.39, 0.29) is 5.41 Å². The molecule has 0 fully saturated rings. The highest BCUT2D eigenvalue weighted by Crippen LogP contribution is 2.29. The van der Waals surface area contributed by atoms with Gasteiger partial charge in [-0.25, -0.2) is 0 Å². The van der Waals surface area contributed by atoms with Crippen molar-refractivity contribution >= 4 is 0 Å². The van der Waals surface area contributed by atoms with Gasteiger partial charge in [-0.2, -0.15) is 10.2 Å². The van der Waals surface area contributed by atoms with Gasteiger partial charge in [0.1, 0.15) is 0 Å². The van der Waals surface area contributed by atoms with Crippen LogP contribution in [0, 0.1) is 16.7 Å². The molecule has 5 nitrogen and oxygen atoms in total. The highest BCUT2D eigenvalue weighted by atomic mass is 16.5. The van der Waals surface area contributed by atoms with Crippen LogP contribution in [0.5, 0.6) is 0 Å². The van der Waals surface area contributed by atoms with Crippen molar-refractivity contribution in [2.75, 3.05) is 0 Å². The summed E-state index contributed by atoms with van der Waals surface area (Å²) in [6.07, 6.45) is 6.16. The van der Waals surface area contributed by atoms with Gasteiger partial charge >= 0.3 is 0 Å². The minimum atomic E-state index is -0.102. The highest BCUT2D eigenvalue weighted by Gasteiger charge is 2.25. The zero-order valence-corrected chi connectivity index (χ0v) is 11.8. The second-order valence-corrected chi connectivity index (χ2v) is 5.31. The number of nitrogens with zero attached hydrogens (tertiary/aromatic N) is 4. The fourth-order valence-corrected chi connectivity index (χ4v) is 1.99. The summed E-state index contributed by atoms with van der Waals surface area (Å²) in [5.74, 6) is 1.27. The van der Waals surface area contributed by atoms with E-state index in [0.717, 1.165) is 12.0 Å². The molecule has 0 bridgehead atoms. The van der Waals surface area contributed by atoms with Crippen LogP contribution in [0.3, 0.4) is 0 Å². The first-order valence-corrected chi connectivity index (χ1v) is 6.72. The molecule has 0 aliphatic heterocycles. The van der Waals surface area contributed by atoms with Gasteiger partial charge in [0.05, 0.1) is 6.07 Å². The Balaban J connectivity index is 2.04. The molecule has 1 unspecified atom stereocenters. The van der Waals surface area contributed by atoms with E-state index in [9.17, 15) is 0 Å². The van der Waals surface area contributed by atoms with Gasteiger partial charge in [-0.3, -0.25) is 4.98 Å². The summed E-state index contributed by atoms with van der Waals surface area (Å²) in [5.41, 5.74) is 0.998. The summed E-state index contributed by atoms with van der Waals surface area (Å²) in [5, 5.41) is 12.9. The minimum Gasteiger partial charge on any atom is -0.339 e. The maximum Gasteiger partial charge on any atom is 0.227 e. The lowest BCUT2D eigenvalue weighted by Gasteiger charge is -2.22. The van der Waals surface area contributed by atoms with Crippen LogP contribution in [-0.2, 0) is 12.8 Å². The first kappa shape index (κ1) is 14.2. The average molecular weight is 270 g/mol. The number of aromatic nitrogens is 3. The van der Waals surface area contributed by atoms with Gasteiger partial charge in [-0.1, -0.05) is 19.0 Å². The molecule has 0 spiro atoms. The molecule has 0 radical (unpaired) electrons. The second kappa shape index (κ2) is 6.29. The monoisotopic (exact) mass is 270 g/mol. The van der Waals surface area contributed by atoms with Crippen molar-refractivity contribution in [2.45, 2.75) is 39.5 Å². The summed E-state index contributed by atoms with van der Waals surface area (Å²) < 4.78 is 5.29. The topological polar surface area (TPSA) is 75.6 Å². The fourth-order valence-electron chi connectivity index (χ4n) is 1.99. The Morgan fingerprint density at radius 2 is 2.10 bits per heavy atom. The van der Waals surface area contributed by atoms with Gasteiger partial charge in [-0.15, -0.1) is 0 Å². The Morgan fingerprint density at radius 1 is 1.35 bits per heavy atom. The fraction of sp³-hybridized carbons (Fsp3) is 0.467. The number of pyridine rings is 1. The van der Waals surface area contributed by atoms with Crippen LogP contribution in [0.2, 0.25) is 0 Å². The average Bonchev–Trinajstić information content (AvgIpc) is 2.87. The Labute approximate surface area is 118 Å². The molecule has 0 aliphatic carbocycles. The molecule has 0 saturated carbocycles. The lowest BCUT2D eigenvalue weighted by molar-refractivity contribution is 0.265. The molecule has 20 heavy (non-hydrogen) atoms.